The molecule has 0 amide bonds. The smallest absolute Gasteiger partial charge is 0.113 e. The molecule has 1 saturated heterocycles. The number of rotatable bonds is 5. The molecule has 1 saturated carbocycles. The largest absolute Gasteiger partial charge is 0.379 e. The number of likely N-dealkylation sites (tertiary alicyclic amines) is 1. The zero-order chi connectivity index (χ0) is 18.9. The van der Waals surface area contributed by atoms with E-state index in [9.17, 15) is 0 Å². The van der Waals surface area contributed by atoms with Gasteiger partial charge in [0.15, 0.2) is 0 Å². The lowest BCUT2D eigenvalue weighted by atomic mass is 9.77. The minimum atomic E-state index is 0.177. The van der Waals surface area contributed by atoms with Gasteiger partial charge in [0.25, 0.3) is 0 Å². The first kappa shape index (κ1) is 17.9. The van der Waals surface area contributed by atoms with E-state index < -0.39 is 0 Å². The van der Waals surface area contributed by atoms with Gasteiger partial charge < -0.3 is 4.74 Å². The summed E-state index contributed by atoms with van der Waals surface area (Å²) >= 11 is 1.74. The van der Waals surface area contributed by atoms with Crippen LogP contribution in [0.25, 0.3) is 11.3 Å². The Morgan fingerprint density at radius 3 is 2.71 bits per heavy atom. The lowest BCUT2D eigenvalue weighted by Gasteiger charge is -2.37. The standard InChI is InChI=1S/C20H24N6OS/c1-27-20-7-16-10-25(11-17-8-22-13-28-17)9-15(16)6-19(20)26-12-18(23-24-26)14-2-4-21-5-3-14/h2-5,8,12-13,15-16,19-20H,6-7,9-11H2,1H3/t15-,16+,19-,20-/m1/s1. The van der Waals surface area contributed by atoms with Crippen LogP contribution in [0, 0.1) is 11.8 Å². The predicted octanol–water partition coefficient (Wildman–Crippen LogP) is 2.89. The number of fused-ring (bicyclic) bond motifs is 1. The van der Waals surface area contributed by atoms with Crippen molar-refractivity contribution in [3.05, 3.63) is 47.3 Å². The van der Waals surface area contributed by atoms with E-state index in [1.165, 1.54) is 4.88 Å². The molecule has 1 aliphatic heterocycles. The Bertz CT molecular complexity index is 899. The van der Waals surface area contributed by atoms with Crippen LogP contribution in [0.3, 0.4) is 0 Å². The van der Waals surface area contributed by atoms with Crippen molar-refractivity contribution in [1.82, 2.24) is 29.9 Å². The van der Waals surface area contributed by atoms with Gasteiger partial charge in [-0.1, -0.05) is 5.21 Å². The van der Waals surface area contributed by atoms with Crippen molar-refractivity contribution in [3.8, 4) is 11.3 Å². The first-order valence-corrected chi connectivity index (χ1v) is 10.6. The summed E-state index contributed by atoms with van der Waals surface area (Å²) < 4.78 is 7.92. The van der Waals surface area contributed by atoms with Gasteiger partial charge in [0.2, 0.25) is 0 Å². The highest BCUT2D eigenvalue weighted by Gasteiger charge is 2.43. The van der Waals surface area contributed by atoms with E-state index in [0.29, 0.717) is 11.8 Å². The molecule has 0 unspecified atom stereocenters. The van der Waals surface area contributed by atoms with Crippen molar-refractivity contribution >= 4 is 11.3 Å². The Labute approximate surface area is 168 Å². The normalized spacial score (nSPS) is 27.8. The number of ether oxygens (including phenoxy) is 1. The molecule has 2 fully saturated rings. The number of pyridine rings is 1. The molecule has 2 aliphatic rings. The number of nitrogens with zero attached hydrogens (tertiary/aromatic N) is 6. The summed E-state index contributed by atoms with van der Waals surface area (Å²) in [5.74, 6) is 1.37. The van der Waals surface area contributed by atoms with Crippen molar-refractivity contribution < 1.29 is 4.74 Å². The van der Waals surface area contributed by atoms with E-state index >= 15 is 0 Å². The molecule has 4 heterocycles. The average molecular weight is 397 g/mol. The van der Waals surface area contributed by atoms with Gasteiger partial charge in [-0.3, -0.25) is 14.9 Å². The molecule has 7 nitrogen and oxygen atoms in total. The lowest BCUT2D eigenvalue weighted by molar-refractivity contribution is -0.00545. The number of methoxy groups -OCH3 is 1. The molecule has 0 radical (unpaired) electrons. The zero-order valence-corrected chi connectivity index (χ0v) is 16.7. The van der Waals surface area contributed by atoms with Crippen molar-refractivity contribution in [2.24, 2.45) is 11.8 Å². The van der Waals surface area contributed by atoms with E-state index in [-0.39, 0.29) is 12.1 Å². The van der Waals surface area contributed by atoms with Crippen LogP contribution in [0.4, 0.5) is 0 Å². The molecule has 0 bridgehead atoms. The van der Waals surface area contributed by atoms with Gasteiger partial charge in [0.05, 0.1) is 23.9 Å². The molecule has 3 aromatic heterocycles. The zero-order valence-electron chi connectivity index (χ0n) is 15.9. The molecule has 8 heteroatoms. The van der Waals surface area contributed by atoms with E-state index in [4.69, 9.17) is 4.74 Å². The minimum absolute atomic E-state index is 0.177. The van der Waals surface area contributed by atoms with Gasteiger partial charge in [-0.25, -0.2) is 4.68 Å². The third-order valence-electron chi connectivity index (χ3n) is 6.15. The molecular formula is C20H24N6OS. The molecule has 5 rings (SSSR count). The Kier molecular flexibility index (Phi) is 4.92. The van der Waals surface area contributed by atoms with Crippen LogP contribution in [0.15, 0.2) is 42.4 Å². The van der Waals surface area contributed by atoms with Crippen LogP contribution in [0.1, 0.15) is 23.8 Å². The van der Waals surface area contributed by atoms with Crippen LogP contribution in [-0.4, -0.2) is 56.2 Å². The van der Waals surface area contributed by atoms with E-state index in [1.54, 1.807) is 23.7 Å². The third kappa shape index (κ3) is 3.47. The topological polar surface area (TPSA) is 69.0 Å². The maximum Gasteiger partial charge on any atom is 0.113 e. The average Bonchev–Trinajstić information content (AvgIpc) is 3.48. The molecule has 0 spiro atoms. The second kappa shape index (κ2) is 7.69. The summed E-state index contributed by atoms with van der Waals surface area (Å²) in [6.07, 6.45) is 9.95. The van der Waals surface area contributed by atoms with Crippen LogP contribution in [-0.2, 0) is 11.3 Å². The monoisotopic (exact) mass is 396 g/mol. The van der Waals surface area contributed by atoms with Crippen molar-refractivity contribution in [1.29, 1.82) is 0 Å². The van der Waals surface area contributed by atoms with Crippen molar-refractivity contribution in [2.45, 2.75) is 31.5 Å². The Balaban J connectivity index is 1.31. The Hall–Kier alpha value is -2.16. The molecule has 1 aliphatic carbocycles. The molecule has 0 N–H and O–H groups in total. The summed E-state index contributed by atoms with van der Waals surface area (Å²) in [4.78, 5) is 12.2. The van der Waals surface area contributed by atoms with Gasteiger partial charge in [-0.2, -0.15) is 0 Å². The number of hydrogen-bond donors (Lipinski definition) is 0. The maximum absolute atomic E-state index is 5.90. The van der Waals surface area contributed by atoms with Crippen LogP contribution >= 0.6 is 11.3 Å². The lowest BCUT2D eigenvalue weighted by Crippen LogP contribution is -2.37. The summed E-state index contributed by atoms with van der Waals surface area (Å²) in [6.45, 7) is 3.30. The van der Waals surface area contributed by atoms with Crippen molar-refractivity contribution in [3.63, 3.8) is 0 Å². The van der Waals surface area contributed by atoms with E-state index in [2.05, 4.69) is 31.4 Å². The van der Waals surface area contributed by atoms with Gasteiger partial charge in [-0.15, -0.1) is 16.4 Å². The summed E-state index contributed by atoms with van der Waals surface area (Å²) in [7, 11) is 1.82. The van der Waals surface area contributed by atoms with Crippen LogP contribution in [0.5, 0.6) is 0 Å². The molecule has 28 heavy (non-hydrogen) atoms. The minimum Gasteiger partial charge on any atom is -0.379 e. The molecular weight excluding hydrogens is 372 g/mol. The number of hydrogen-bond acceptors (Lipinski definition) is 7. The van der Waals surface area contributed by atoms with Gasteiger partial charge >= 0.3 is 0 Å². The first-order chi connectivity index (χ1) is 13.8. The number of aromatic nitrogens is 5. The first-order valence-electron chi connectivity index (χ1n) is 9.75. The van der Waals surface area contributed by atoms with Gasteiger partial charge in [0, 0.05) is 55.8 Å². The summed E-state index contributed by atoms with van der Waals surface area (Å²) in [6, 6.07) is 4.17. The third-order valence-corrected chi connectivity index (χ3v) is 6.92. The second-order valence-corrected chi connectivity index (χ2v) is 8.79. The van der Waals surface area contributed by atoms with Gasteiger partial charge in [-0.05, 0) is 36.8 Å². The Morgan fingerprint density at radius 2 is 1.96 bits per heavy atom. The molecule has 146 valence electrons. The van der Waals surface area contributed by atoms with Crippen LogP contribution in [0.2, 0.25) is 0 Å². The number of thiazole rings is 1. The molecule has 4 atom stereocenters. The SMILES string of the molecule is CO[C@@H]1C[C@H]2CN(Cc3cncs3)C[C@H]2C[C@H]1n1cc(-c2ccncc2)nn1. The van der Waals surface area contributed by atoms with Gasteiger partial charge in [0.1, 0.15) is 5.69 Å². The fraction of sp³-hybridized carbons (Fsp3) is 0.500. The molecule has 0 aromatic carbocycles. The highest BCUT2D eigenvalue weighted by Crippen LogP contribution is 2.42. The molecule has 3 aromatic rings. The van der Waals surface area contributed by atoms with E-state index in [1.807, 2.05) is 35.6 Å². The fourth-order valence-electron chi connectivity index (χ4n) is 4.78. The Morgan fingerprint density at radius 1 is 1.14 bits per heavy atom. The highest BCUT2D eigenvalue weighted by atomic mass is 32.1. The van der Waals surface area contributed by atoms with Crippen LogP contribution < -0.4 is 0 Å². The summed E-state index contributed by atoms with van der Waals surface area (Å²) in [5.41, 5.74) is 3.85. The summed E-state index contributed by atoms with van der Waals surface area (Å²) in [5, 5.41) is 8.85. The highest BCUT2D eigenvalue weighted by molar-refractivity contribution is 7.09. The second-order valence-electron chi connectivity index (χ2n) is 7.81. The predicted molar refractivity (Wildman–Crippen MR) is 107 cm³/mol. The fourth-order valence-corrected chi connectivity index (χ4v) is 5.42. The van der Waals surface area contributed by atoms with E-state index in [0.717, 1.165) is 43.7 Å². The maximum atomic E-state index is 5.90. The van der Waals surface area contributed by atoms with Crippen molar-refractivity contribution in [2.75, 3.05) is 20.2 Å². The quantitative estimate of drug-likeness (QED) is 0.661.